The van der Waals surface area contributed by atoms with Gasteiger partial charge in [0.05, 0.1) is 0 Å². The summed E-state index contributed by atoms with van der Waals surface area (Å²) in [5.74, 6) is 0. The number of allylic oxidation sites excluding steroid dienone is 1. The quantitative estimate of drug-likeness (QED) is 0.541. The van der Waals surface area contributed by atoms with Crippen molar-refractivity contribution in [3.05, 3.63) is 12.7 Å². The fraction of sp³-hybridized carbons (Fsp3) is 0.167. The van der Waals surface area contributed by atoms with Crippen molar-refractivity contribution in [3.8, 4) is 0 Å². The molecule has 62 valence electrons. The van der Waals surface area contributed by atoms with Crippen molar-refractivity contribution in [3.63, 3.8) is 0 Å². The zero-order valence-corrected chi connectivity index (χ0v) is 7.94. The van der Waals surface area contributed by atoms with Gasteiger partial charge in [-0.1, -0.05) is 0 Å². The fourth-order valence-electron chi connectivity index (χ4n) is 0.324. The van der Waals surface area contributed by atoms with Crippen molar-refractivity contribution < 1.29 is 25.6 Å². The predicted molar refractivity (Wildman–Crippen MR) is 37.9 cm³/mol. The van der Waals surface area contributed by atoms with Crippen LogP contribution in [0.15, 0.2) is 12.7 Å². The zero-order chi connectivity index (χ0) is 8.98. The molecule has 0 rings (SSSR count). The minimum atomic E-state index is -4.76. The molecule has 0 aliphatic rings. The average Bonchev–Trinajstić information content (AvgIpc) is 2.06. The molecule has 0 heterocycles. The van der Waals surface area contributed by atoms with Gasteiger partial charge in [-0.25, -0.2) is 0 Å². The standard InChI is InChI=1S/C3H5.3CO.ClH.Ru/c1-3-2;3*1-2;;/h3H,1-2H2;;;;1H;/q;;;;;+1/p-1. The molecule has 0 radical (unpaired) electrons. The van der Waals surface area contributed by atoms with Gasteiger partial charge >= 0.3 is 66.4 Å². The van der Waals surface area contributed by atoms with E-state index in [0.29, 0.717) is 0 Å². The van der Waals surface area contributed by atoms with Crippen LogP contribution < -0.4 is 0 Å². The van der Waals surface area contributed by atoms with Crippen molar-refractivity contribution in [2.75, 3.05) is 0 Å². The molecule has 0 fully saturated rings. The van der Waals surface area contributed by atoms with E-state index in [0.717, 1.165) is 0 Å². The molecule has 0 atom stereocenters. The molecule has 11 heavy (non-hydrogen) atoms. The molecule has 3 nitrogen and oxygen atoms in total. The summed E-state index contributed by atoms with van der Waals surface area (Å²) in [6.07, 6.45) is 1.22. The number of rotatable bonds is 2. The summed E-state index contributed by atoms with van der Waals surface area (Å²) < 4.78 is 3.80. The number of hydrogen-bond donors (Lipinski definition) is 0. The van der Waals surface area contributed by atoms with Gasteiger partial charge in [0.25, 0.3) is 0 Å². The van der Waals surface area contributed by atoms with Crippen LogP contribution in [0, 0.1) is 0 Å². The summed E-state index contributed by atoms with van der Waals surface area (Å²) in [5, 5.41) is -0.185. The van der Waals surface area contributed by atoms with Crippen molar-refractivity contribution in [1.29, 1.82) is 0 Å². The molecule has 0 aliphatic heterocycles. The monoisotopic (exact) mass is 262 g/mol. The average molecular weight is 262 g/mol. The third-order valence-electron chi connectivity index (χ3n) is 0.825. The van der Waals surface area contributed by atoms with Crippen LogP contribution in [0.5, 0.6) is 0 Å². The molecule has 0 aliphatic carbocycles. The van der Waals surface area contributed by atoms with Gasteiger partial charge in [0.2, 0.25) is 0 Å². The van der Waals surface area contributed by atoms with Gasteiger partial charge < -0.3 is 0 Å². The molecule has 0 N–H and O–H groups in total. The summed E-state index contributed by atoms with van der Waals surface area (Å²) >= 11 is -4.76. The van der Waals surface area contributed by atoms with E-state index >= 15 is 0 Å². The van der Waals surface area contributed by atoms with Gasteiger partial charge in [-0.2, -0.15) is 0 Å². The Morgan fingerprint density at radius 3 is 1.73 bits per heavy atom. The Labute approximate surface area is 66.6 Å². The minimum absolute atomic E-state index is 0.185. The topological polar surface area (TPSA) is 51.2 Å². The second-order valence-electron chi connectivity index (χ2n) is 1.58. The van der Waals surface area contributed by atoms with E-state index in [2.05, 4.69) is 6.58 Å². The first-order valence-electron chi connectivity index (χ1n) is 2.34. The molecule has 0 saturated heterocycles. The molecular weight excluding hydrogens is 257 g/mol. The summed E-state index contributed by atoms with van der Waals surface area (Å²) in [6, 6.07) is 0. The molecule has 0 unspecified atom stereocenters. The second-order valence-corrected chi connectivity index (χ2v) is 11.4. The van der Waals surface area contributed by atoms with Crippen LogP contribution in [-0.4, -0.2) is 13.4 Å². The Morgan fingerprint density at radius 2 is 1.64 bits per heavy atom. The molecule has 0 aromatic carbocycles. The second kappa shape index (κ2) is 3.19. The van der Waals surface area contributed by atoms with E-state index in [4.69, 9.17) is 9.69 Å². The van der Waals surface area contributed by atoms with Crippen LogP contribution >= 0.6 is 9.69 Å². The van der Waals surface area contributed by atoms with Crippen molar-refractivity contribution in [1.82, 2.24) is 0 Å². The van der Waals surface area contributed by atoms with Gasteiger partial charge in [0.15, 0.2) is 0 Å². The molecule has 0 amide bonds. The van der Waals surface area contributed by atoms with Gasteiger partial charge in [0.1, 0.15) is 0 Å². The summed E-state index contributed by atoms with van der Waals surface area (Å²) in [5.41, 5.74) is 0. The Hall–Kier alpha value is -0.607. The number of hydrogen-bond acceptors (Lipinski definition) is 3. The molecule has 0 saturated carbocycles. The Kier molecular flexibility index (Phi) is 3.02. The van der Waals surface area contributed by atoms with Crippen molar-refractivity contribution in [2.24, 2.45) is 0 Å². The van der Waals surface area contributed by atoms with E-state index in [1.165, 1.54) is 19.5 Å². The Morgan fingerprint density at radius 1 is 1.27 bits per heavy atom. The Balaban J connectivity index is 6.53. The van der Waals surface area contributed by atoms with Crippen LogP contribution in [0.2, 0.25) is 5.02 Å². The first-order valence-corrected chi connectivity index (χ1v) is 8.42. The molecule has 0 spiro atoms. The first kappa shape index (κ1) is 10.4. The van der Waals surface area contributed by atoms with Crippen LogP contribution in [-0.2, 0) is 25.6 Å². The third kappa shape index (κ3) is 1.91. The fourth-order valence-corrected chi connectivity index (χ4v) is 2.37. The molecular formula is C6H5ClO3Ru. The zero-order valence-electron chi connectivity index (χ0n) is 5.45. The SMILES string of the molecule is C=C[CH2][Ru]([Cl])(=[C]=O)(=[C]=O)=[C]=O. The molecule has 5 heteroatoms. The summed E-state index contributed by atoms with van der Waals surface area (Å²) in [6.45, 7) is 3.26. The predicted octanol–water partition coefficient (Wildman–Crippen LogP) is 0.636. The van der Waals surface area contributed by atoms with Gasteiger partial charge in [-0.05, 0) is 0 Å². The Bertz CT molecular complexity index is 411. The van der Waals surface area contributed by atoms with E-state index in [1.807, 2.05) is 0 Å². The van der Waals surface area contributed by atoms with Gasteiger partial charge in [-0.15, -0.1) is 0 Å². The molecule has 0 bridgehead atoms. The maximum absolute atomic E-state index is 10.3. The first-order chi connectivity index (χ1) is 5.04. The number of carbonyl (C=O) groups excluding carboxylic acids is 3. The normalized spacial score (nSPS) is 13.0. The van der Waals surface area contributed by atoms with Crippen LogP contribution in [0.1, 0.15) is 0 Å². The third-order valence-corrected chi connectivity index (χ3v) is 6.49. The van der Waals surface area contributed by atoms with Gasteiger partial charge in [0, 0.05) is 0 Å². The van der Waals surface area contributed by atoms with Crippen LogP contribution in [0.3, 0.4) is 0 Å². The molecule has 0 aromatic heterocycles. The molecule has 0 aromatic rings. The summed E-state index contributed by atoms with van der Waals surface area (Å²) in [4.78, 5) is 30.8. The maximum atomic E-state index is 10.3. The van der Waals surface area contributed by atoms with Crippen LogP contribution in [0.4, 0.5) is 0 Å². The van der Waals surface area contributed by atoms with E-state index in [9.17, 15) is 14.4 Å². The van der Waals surface area contributed by atoms with Crippen molar-refractivity contribution >= 4 is 23.1 Å². The van der Waals surface area contributed by atoms with Crippen molar-refractivity contribution in [2.45, 2.75) is 5.02 Å². The number of halogens is 1. The van der Waals surface area contributed by atoms with E-state index in [-0.39, 0.29) is 5.02 Å². The van der Waals surface area contributed by atoms with Gasteiger partial charge in [-0.3, -0.25) is 0 Å². The van der Waals surface area contributed by atoms with E-state index in [1.54, 1.807) is 0 Å². The summed E-state index contributed by atoms with van der Waals surface area (Å²) in [7, 11) is 5.49. The van der Waals surface area contributed by atoms with E-state index < -0.39 is 11.3 Å². The van der Waals surface area contributed by atoms with Crippen LogP contribution in [0.25, 0.3) is 0 Å².